The molecule has 202 valence electrons. The first-order valence-corrected chi connectivity index (χ1v) is 15.6. The zero-order valence-electron chi connectivity index (χ0n) is 24.0. The lowest BCUT2D eigenvalue weighted by Crippen LogP contribution is -1.98. The van der Waals surface area contributed by atoms with Crippen LogP contribution >= 0.6 is 0 Å². The Morgan fingerprint density at radius 3 is 1.75 bits per heavy atom. The van der Waals surface area contributed by atoms with Gasteiger partial charge in [-0.05, 0) is 64.7 Å². The number of rotatable bonds is 10. The fourth-order valence-electron chi connectivity index (χ4n) is 7.10. The van der Waals surface area contributed by atoms with E-state index in [1.165, 1.54) is 117 Å². The molecule has 2 heterocycles. The van der Waals surface area contributed by atoms with E-state index in [-0.39, 0.29) is 0 Å². The zero-order valence-corrected chi connectivity index (χ0v) is 24.0. The number of aryl methyl sites for hydroxylation is 2. The van der Waals surface area contributed by atoms with Gasteiger partial charge in [-0.15, -0.1) is 0 Å². The van der Waals surface area contributed by atoms with Crippen molar-refractivity contribution in [2.75, 3.05) is 0 Å². The fourth-order valence-corrected chi connectivity index (χ4v) is 7.10. The Balaban J connectivity index is 1.51. The highest BCUT2D eigenvalue weighted by Gasteiger charge is 2.17. The lowest BCUT2D eigenvalue weighted by atomic mass is 9.96. The molecule has 2 heteroatoms. The second kappa shape index (κ2) is 10.7. The molecule has 0 saturated heterocycles. The molecule has 0 amide bonds. The van der Waals surface area contributed by atoms with Crippen LogP contribution in [0, 0.1) is 0 Å². The van der Waals surface area contributed by atoms with E-state index in [9.17, 15) is 0 Å². The maximum atomic E-state index is 2.59. The molecule has 0 atom stereocenters. The van der Waals surface area contributed by atoms with Crippen molar-refractivity contribution in [3.05, 3.63) is 84.9 Å². The van der Waals surface area contributed by atoms with Crippen molar-refractivity contribution in [2.45, 2.75) is 78.3 Å². The van der Waals surface area contributed by atoms with Crippen molar-refractivity contribution < 1.29 is 0 Å². The maximum Gasteiger partial charge on any atom is 0.0498 e. The van der Waals surface area contributed by atoms with Crippen molar-refractivity contribution in [3.63, 3.8) is 0 Å². The van der Waals surface area contributed by atoms with Gasteiger partial charge in [0, 0.05) is 56.7 Å². The first kappa shape index (κ1) is 25.2. The van der Waals surface area contributed by atoms with Crippen molar-refractivity contribution in [2.24, 2.45) is 0 Å². The Morgan fingerprint density at radius 1 is 0.425 bits per heavy atom. The molecular weight excluding hydrogens is 484 g/mol. The van der Waals surface area contributed by atoms with Gasteiger partial charge in [-0.2, -0.15) is 0 Å². The Kier molecular flexibility index (Phi) is 6.71. The molecule has 7 rings (SSSR count). The number of unbranched alkanes of at least 4 members (excludes halogenated alkanes) is 6. The van der Waals surface area contributed by atoms with Gasteiger partial charge in [-0.25, -0.2) is 0 Å². The lowest BCUT2D eigenvalue weighted by molar-refractivity contribution is 0.602. The van der Waals surface area contributed by atoms with Crippen LogP contribution in [-0.2, 0) is 13.1 Å². The van der Waals surface area contributed by atoms with Crippen LogP contribution in [0.25, 0.3) is 65.2 Å². The minimum absolute atomic E-state index is 1.08. The van der Waals surface area contributed by atoms with Gasteiger partial charge in [0.05, 0.1) is 0 Å². The second-order valence-electron chi connectivity index (χ2n) is 11.7. The number of nitrogens with zero attached hydrogens (tertiary/aromatic N) is 2. The summed E-state index contributed by atoms with van der Waals surface area (Å²) < 4.78 is 5.18. The first-order chi connectivity index (χ1) is 19.8. The van der Waals surface area contributed by atoms with Gasteiger partial charge in [0.15, 0.2) is 0 Å². The summed E-state index contributed by atoms with van der Waals surface area (Å²) in [4.78, 5) is 0. The van der Waals surface area contributed by atoms with E-state index in [2.05, 4.69) is 108 Å². The molecule has 0 aliphatic carbocycles. The third-order valence-electron chi connectivity index (χ3n) is 9.10. The molecule has 0 aliphatic heterocycles. The molecule has 0 saturated carbocycles. The Labute approximate surface area is 237 Å². The summed E-state index contributed by atoms with van der Waals surface area (Å²) in [5.41, 5.74) is 5.47. The zero-order chi connectivity index (χ0) is 27.1. The summed E-state index contributed by atoms with van der Waals surface area (Å²) in [6, 6.07) is 32.4. The molecule has 0 unspecified atom stereocenters. The Bertz CT molecular complexity index is 1980. The van der Waals surface area contributed by atoms with E-state index in [0.717, 1.165) is 13.1 Å². The molecule has 0 fully saturated rings. The van der Waals surface area contributed by atoms with Crippen LogP contribution in [0.5, 0.6) is 0 Å². The predicted octanol–water partition coefficient (Wildman–Crippen LogP) is 11.4. The third-order valence-corrected chi connectivity index (χ3v) is 9.10. The van der Waals surface area contributed by atoms with Gasteiger partial charge in [0.2, 0.25) is 0 Å². The van der Waals surface area contributed by atoms with Crippen LogP contribution in [0.3, 0.4) is 0 Å². The number of hydrogen-bond acceptors (Lipinski definition) is 0. The maximum absolute atomic E-state index is 2.59. The molecule has 0 N–H and O–H groups in total. The Morgan fingerprint density at radius 2 is 1.02 bits per heavy atom. The van der Waals surface area contributed by atoms with Crippen LogP contribution in [-0.4, -0.2) is 9.13 Å². The highest BCUT2D eigenvalue weighted by atomic mass is 15.0. The molecule has 0 aliphatic rings. The molecule has 7 aromatic rings. The average Bonchev–Trinajstić information content (AvgIpc) is 3.48. The standard InChI is InChI=1S/C38H40N2/c1-3-5-7-13-23-39-34-18-12-10-16-30(34)38-35(39)22-21-27-19-20-28-25-32-29-15-9-11-17-33(29)40(24-14-8-6-4-2)36(32)26-31(28)37(27)38/h9-12,15-22,25-26H,3-8,13-14,23-24H2,1-2H3. The smallest absolute Gasteiger partial charge is 0.0498 e. The van der Waals surface area contributed by atoms with Gasteiger partial charge in [0.1, 0.15) is 0 Å². The molecule has 40 heavy (non-hydrogen) atoms. The fraction of sp³-hybridized carbons (Fsp3) is 0.316. The van der Waals surface area contributed by atoms with Gasteiger partial charge < -0.3 is 9.13 Å². The summed E-state index contributed by atoms with van der Waals surface area (Å²) in [5, 5.41) is 11.0. The molecule has 2 nitrogen and oxygen atoms in total. The van der Waals surface area contributed by atoms with E-state index >= 15 is 0 Å². The van der Waals surface area contributed by atoms with Crippen LogP contribution in [0.2, 0.25) is 0 Å². The van der Waals surface area contributed by atoms with Gasteiger partial charge in [-0.1, -0.05) is 107 Å². The first-order valence-electron chi connectivity index (χ1n) is 15.6. The van der Waals surface area contributed by atoms with Gasteiger partial charge >= 0.3 is 0 Å². The van der Waals surface area contributed by atoms with Crippen molar-refractivity contribution in [1.82, 2.24) is 9.13 Å². The normalized spacial score (nSPS) is 12.2. The minimum Gasteiger partial charge on any atom is -0.340 e. The molecule has 0 spiro atoms. The molecule has 2 aromatic heterocycles. The van der Waals surface area contributed by atoms with E-state index in [4.69, 9.17) is 0 Å². The average molecular weight is 525 g/mol. The van der Waals surface area contributed by atoms with Crippen LogP contribution < -0.4 is 0 Å². The quantitative estimate of drug-likeness (QED) is 0.124. The van der Waals surface area contributed by atoms with Gasteiger partial charge in [0.25, 0.3) is 0 Å². The minimum atomic E-state index is 1.08. The number of hydrogen-bond donors (Lipinski definition) is 0. The second-order valence-corrected chi connectivity index (χ2v) is 11.7. The lowest BCUT2D eigenvalue weighted by Gasteiger charge is -2.11. The van der Waals surface area contributed by atoms with Crippen molar-refractivity contribution in [1.29, 1.82) is 0 Å². The monoisotopic (exact) mass is 524 g/mol. The highest BCUT2D eigenvalue weighted by molar-refractivity contribution is 6.29. The van der Waals surface area contributed by atoms with E-state index in [0.29, 0.717) is 0 Å². The molecular formula is C38H40N2. The van der Waals surface area contributed by atoms with Crippen LogP contribution in [0.1, 0.15) is 65.2 Å². The summed E-state index contributed by atoms with van der Waals surface area (Å²) in [6.07, 6.45) is 10.2. The summed E-state index contributed by atoms with van der Waals surface area (Å²) in [7, 11) is 0. The largest absolute Gasteiger partial charge is 0.340 e. The van der Waals surface area contributed by atoms with E-state index in [1.54, 1.807) is 0 Å². The number of para-hydroxylation sites is 2. The number of benzene rings is 5. The summed E-state index contributed by atoms with van der Waals surface area (Å²) in [5.74, 6) is 0. The van der Waals surface area contributed by atoms with Crippen molar-refractivity contribution >= 4 is 65.2 Å². The SMILES string of the molecule is CCCCCCn1c2ccccc2c2cc3ccc4ccc5c(c6ccccc6n5CCCCCC)c4c3cc21. The third kappa shape index (κ3) is 4.08. The molecule has 0 radical (unpaired) electrons. The Hall–Kier alpha value is -3.78. The number of fused-ring (bicyclic) bond motifs is 10. The number of aromatic nitrogens is 2. The summed E-state index contributed by atoms with van der Waals surface area (Å²) >= 11 is 0. The van der Waals surface area contributed by atoms with E-state index in [1.807, 2.05) is 0 Å². The van der Waals surface area contributed by atoms with Crippen molar-refractivity contribution in [3.8, 4) is 0 Å². The summed E-state index contributed by atoms with van der Waals surface area (Å²) in [6.45, 7) is 6.74. The van der Waals surface area contributed by atoms with E-state index < -0.39 is 0 Å². The predicted molar refractivity (Wildman–Crippen MR) is 176 cm³/mol. The topological polar surface area (TPSA) is 9.86 Å². The molecule has 0 bridgehead atoms. The van der Waals surface area contributed by atoms with Crippen LogP contribution in [0.15, 0.2) is 84.9 Å². The van der Waals surface area contributed by atoms with Gasteiger partial charge in [-0.3, -0.25) is 0 Å². The highest BCUT2D eigenvalue weighted by Crippen LogP contribution is 2.41. The molecule has 5 aromatic carbocycles. The van der Waals surface area contributed by atoms with Crippen LogP contribution in [0.4, 0.5) is 0 Å².